The highest BCUT2D eigenvalue weighted by atomic mass is 16.7. The molecular formula is C33H40O19. The molecule has 1 aromatic heterocycles. The third-order valence-corrected chi connectivity index (χ3v) is 9.25. The number of rotatable bonds is 8. The van der Waals surface area contributed by atoms with Gasteiger partial charge in [-0.15, -0.1) is 0 Å². The number of benzene rings is 2. The molecule has 3 aromatic rings. The molecule has 0 amide bonds. The Morgan fingerprint density at radius 1 is 0.673 bits per heavy atom. The molecule has 19 nitrogen and oxygen atoms in total. The third kappa shape index (κ3) is 7.03. The van der Waals surface area contributed by atoms with Crippen molar-refractivity contribution in [2.24, 2.45) is 0 Å². The molecule has 286 valence electrons. The van der Waals surface area contributed by atoms with E-state index in [9.17, 15) is 61.0 Å². The smallest absolute Gasteiger partial charge is 0.239 e. The lowest BCUT2D eigenvalue weighted by atomic mass is 9.97. The van der Waals surface area contributed by atoms with E-state index >= 15 is 0 Å². The quantitative estimate of drug-likeness (QED) is 0.110. The molecule has 15 atom stereocenters. The summed E-state index contributed by atoms with van der Waals surface area (Å²) in [6.07, 6.45) is -23.7. The lowest BCUT2D eigenvalue weighted by molar-refractivity contribution is -0.349. The zero-order valence-corrected chi connectivity index (χ0v) is 27.5. The summed E-state index contributed by atoms with van der Waals surface area (Å²) >= 11 is 0. The van der Waals surface area contributed by atoms with E-state index < -0.39 is 121 Å². The van der Waals surface area contributed by atoms with Gasteiger partial charge in [0, 0.05) is 17.7 Å². The Hall–Kier alpha value is -3.67. The predicted molar refractivity (Wildman–Crippen MR) is 170 cm³/mol. The fourth-order valence-corrected chi connectivity index (χ4v) is 6.20. The van der Waals surface area contributed by atoms with Crippen molar-refractivity contribution in [2.45, 2.75) is 106 Å². The number of phenolic OH excluding ortho intramolecular Hbond substituents is 2. The maximum Gasteiger partial charge on any atom is 0.239 e. The Balaban J connectivity index is 1.33. The summed E-state index contributed by atoms with van der Waals surface area (Å²) in [4.78, 5) is 14.0. The normalized spacial score (nSPS) is 38.2. The van der Waals surface area contributed by atoms with Crippen LogP contribution in [0.15, 0.2) is 45.6 Å². The zero-order valence-electron chi connectivity index (χ0n) is 27.5. The Morgan fingerprint density at radius 2 is 1.23 bits per heavy atom. The van der Waals surface area contributed by atoms with Crippen molar-refractivity contribution in [3.05, 3.63) is 46.6 Å². The van der Waals surface area contributed by atoms with Crippen molar-refractivity contribution < 1.29 is 89.0 Å². The largest absolute Gasteiger partial charge is 0.508 e. The Labute approximate surface area is 293 Å². The first-order valence-corrected chi connectivity index (χ1v) is 16.2. The monoisotopic (exact) mass is 740 g/mol. The van der Waals surface area contributed by atoms with Crippen LogP contribution >= 0.6 is 0 Å². The summed E-state index contributed by atoms with van der Waals surface area (Å²) < 4.78 is 39.6. The first-order valence-electron chi connectivity index (χ1n) is 16.2. The van der Waals surface area contributed by atoms with E-state index in [1.165, 1.54) is 44.2 Å². The van der Waals surface area contributed by atoms with Crippen molar-refractivity contribution in [2.75, 3.05) is 6.61 Å². The van der Waals surface area contributed by atoms with Crippen LogP contribution in [0.4, 0.5) is 0 Å². The zero-order chi connectivity index (χ0) is 37.8. The van der Waals surface area contributed by atoms with Crippen LogP contribution in [-0.2, 0) is 18.9 Å². The van der Waals surface area contributed by atoms with E-state index in [1.54, 1.807) is 0 Å². The standard InChI is InChI=1S/C33H40O19/c1-10-19(37)22(40)25(43)31(46-10)48-14-7-15(36)18-16(8-14)49-28(12-3-5-13(35)6-4-12)30(21(18)39)52-33-27(45)24(42)29(17(9-34)50-33)51-32-26(44)23(41)20(38)11(2)47-32/h3-8,10-11,17,19-20,22-27,29,31-38,40-45H,9H2,1-2H3/t10-,11-,17+,19-,20-,22+,23+,24+,25+,26+,27+,29-,31-,32-,33?/m0/s1. The van der Waals surface area contributed by atoms with Gasteiger partial charge in [-0.25, -0.2) is 0 Å². The second kappa shape index (κ2) is 15.0. The molecule has 0 radical (unpaired) electrons. The molecule has 0 aliphatic carbocycles. The van der Waals surface area contributed by atoms with Gasteiger partial charge in [0.1, 0.15) is 89.3 Å². The minimum Gasteiger partial charge on any atom is -0.508 e. The van der Waals surface area contributed by atoms with E-state index in [-0.39, 0.29) is 28.4 Å². The van der Waals surface area contributed by atoms with Gasteiger partial charge in [0.05, 0.1) is 18.8 Å². The summed E-state index contributed by atoms with van der Waals surface area (Å²) in [5, 5.41) is 114. The first-order chi connectivity index (χ1) is 24.6. The molecule has 0 saturated carbocycles. The lowest BCUT2D eigenvalue weighted by Crippen LogP contribution is -2.64. The summed E-state index contributed by atoms with van der Waals surface area (Å²) in [7, 11) is 0. The Bertz CT molecular complexity index is 1760. The predicted octanol–water partition coefficient (Wildman–Crippen LogP) is -2.89. The number of phenols is 2. The molecule has 52 heavy (non-hydrogen) atoms. The summed E-state index contributed by atoms with van der Waals surface area (Å²) in [6, 6.07) is 7.38. The maximum atomic E-state index is 14.0. The van der Waals surface area contributed by atoms with E-state index in [1.807, 2.05) is 0 Å². The van der Waals surface area contributed by atoms with Crippen LogP contribution in [0, 0.1) is 0 Å². The molecule has 19 heteroatoms. The molecule has 3 fully saturated rings. The average molecular weight is 741 g/mol. The molecule has 6 rings (SSSR count). The summed E-state index contributed by atoms with van der Waals surface area (Å²) in [6.45, 7) is 1.98. The van der Waals surface area contributed by atoms with Gasteiger partial charge in [-0.1, -0.05) is 0 Å². The van der Waals surface area contributed by atoms with Crippen molar-refractivity contribution in [3.63, 3.8) is 0 Å². The molecule has 1 unspecified atom stereocenters. The molecule has 2 aromatic carbocycles. The van der Waals surface area contributed by atoms with Gasteiger partial charge >= 0.3 is 0 Å². The van der Waals surface area contributed by atoms with Crippen LogP contribution < -0.4 is 14.9 Å². The molecular weight excluding hydrogens is 700 g/mol. The first kappa shape index (κ1) is 38.1. The second-order valence-corrected chi connectivity index (χ2v) is 12.9. The van der Waals surface area contributed by atoms with E-state index in [4.69, 9.17) is 32.8 Å². The van der Waals surface area contributed by atoms with E-state index in [0.29, 0.717) is 0 Å². The number of hydrogen-bond acceptors (Lipinski definition) is 19. The van der Waals surface area contributed by atoms with Gasteiger partial charge in [-0.05, 0) is 38.1 Å². The van der Waals surface area contributed by atoms with Crippen LogP contribution in [0.5, 0.6) is 23.0 Å². The van der Waals surface area contributed by atoms with Crippen molar-refractivity contribution >= 4 is 11.0 Å². The van der Waals surface area contributed by atoms with Crippen LogP contribution in [0.25, 0.3) is 22.3 Å². The van der Waals surface area contributed by atoms with E-state index in [2.05, 4.69) is 0 Å². The maximum absolute atomic E-state index is 14.0. The van der Waals surface area contributed by atoms with Gasteiger partial charge in [-0.3, -0.25) is 4.79 Å². The topological polar surface area (TPSA) is 308 Å². The van der Waals surface area contributed by atoms with Crippen LogP contribution in [0.3, 0.4) is 0 Å². The molecule has 3 aliphatic heterocycles. The molecule has 0 spiro atoms. The van der Waals surface area contributed by atoms with Crippen LogP contribution in [-0.4, -0.2) is 155 Å². The third-order valence-electron chi connectivity index (χ3n) is 9.25. The molecule has 3 aliphatic rings. The average Bonchev–Trinajstić information content (AvgIpc) is 3.11. The molecule has 3 saturated heterocycles. The van der Waals surface area contributed by atoms with Crippen LogP contribution in [0.2, 0.25) is 0 Å². The minimum absolute atomic E-state index is 0.138. The highest BCUT2D eigenvalue weighted by molar-refractivity contribution is 5.88. The number of aliphatic hydroxyl groups is 9. The van der Waals surface area contributed by atoms with Gasteiger partial charge in [0.25, 0.3) is 0 Å². The SMILES string of the molecule is C[C@@H]1O[C@@H](Oc2cc(O)c3c(=O)c(OC4O[C@H](CO)[C@H](O[C@@H]5O[C@@H](C)[C@H](O)[C@@H](O)[C@H]5O)[C@H](O)[C@H]4O)c(-c4ccc(O)cc4)oc3c2)[C@H](O)[C@H](O)[C@H]1O. The second-order valence-electron chi connectivity index (χ2n) is 12.9. The minimum atomic E-state index is -2.01. The fraction of sp³-hybridized carbons (Fsp3) is 0.545. The molecule has 0 bridgehead atoms. The number of aromatic hydroxyl groups is 2. The summed E-state index contributed by atoms with van der Waals surface area (Å²) in [5.41, 5.74) is -1.16. The van der Waals surface area contributed by atoms with Crippen molar-refractivity contribution in [1.29, 1.82) is 0 Å². The van der Waals surface area contributed by atoms with E-state index in [0.717, 1.165) is 6.07 Å². The van der Waals surface area contributed by atoms with Crippen LogP contribution in [0.1, 0.15) is 13.8 Å². The number of ether oxygens (including phenoxy) is 6. The van der Waals surface area contributed by atoms with Gasteiger partial charge in [0.15, 0.2) is 12.1 Å². The number of fused-ring (bicyclic) bond motifs is 1. The van der Waals surface area contributed by atoms with Gasteiger partial charge in [0.2, 0.25) is 23.8 Å². The highest BCUT2D eigenvalue weighted by Gasteiger charge is 2.51. The summed E-state index contributed by atoms with van der Waals surface area (Å²) in [5.74, 6) is -2.01. The van der Waals surface area contributed by atoms with Gasteiger partial charge < -0.3 is 89.0 Å². The van der Waals surface area contributed by atoms with Crippen molar-refractivity contribution in [3.8, 4) is 34.3 Å². The molecule has 11 N–H and O–H groups in total. The van der Waals surface area contributed by atoms with Gasteiger partial charge in [-0.2, -0.15) is 0 Å². The Kier molecular flexibility index (Phi) is 11.0. The highest BCUT2D eigenvalue weighted by Crippen LogP contribution is 2.39. The fourth-order valence-electron chi connectivity index (χ4n) is 6.20. The Morgan fingerprint density at radius 3 is 1.85 bits per heavy atom. The number of aliphatic hydroxyl groups excluding tert-OH is 9. The van der Waals surface area contributed by atoms with Crippen molar-refractivity contribution in [1.82, 2.24) is 0 Å². The molecule has 4 heterocycles. The number of hydrogen-bond donors (Lipinski definition) is 11. The lowest BCUT2D eigenvalue weighted by Gasteiger charge is -2.45.